The Labute approximate surface area is 444 Å². The van der Waals surface area contributed by atoms with Crippen LogP contribution in [0, 0.1) is 0 Å². The number of anilines is 6. The summed E-state index contributed by atoms with van der Waals surface area (Å²) in [5.74, 6) is 0. The van der Waals surface area contributed by atoms with E-state index in [-0.39, 0.29) is 0 Å². The largest absolute Gasteiger partial charge is 0.310 e. The summed E-state index contributed by atoms with van der Waals surface area (Å²) in [6.07, 6.45) is 0. The lowest BCUT2D eigenvalue weighted by Gasteiger charge is -2.35. The van der Waals surface area contributed by atoms with Gasteiger partial charge in [-0.2, -0.15) is 0 Å². The fourth-order valence-corrected chi connectivity index (χ4v) is 13.6. The van der Waals surface area contributed by atoms with E-state index in [0.29, 0.717) is 0 Å². The molecule has 3 aliphatic rings. The quantitative estimate of drug-likeness (QED) is 0.142. The summed E-state index contributed by atoms with van der Waals surface area (Å²) in [4.78, 5) is 4.98. The Bertz CT molecular complexity index is 4080. The van der Waals surface area contributed by atoms with Crippen molar-refractivity contribution in [1.82, 2.24) is 0 Å². The Kier molecular flexibility index (Phi) is 10.0. The van der Waals surface area contributed by atoms with Gasteiger partial charge in [-0.1, -0.05) is 237 Å². The second-order valence-electron chi connectivity index (χ2n) is 20.3. The van der Waals surface area contributed by atoms with Crippen molar-refractivity contribution in [1.29, 1.82) is 0 Å². The van der Waals surface area contributed by atoms with Crippen LogP contribution in [-0.4, -0.2) is 0 Å². The molecule has 0 amide bonds. The molecular formula is C74H50N2. The van der Waals surface area contributed by atoms with Crippen molar-refractivity contribution in [3.05, 3.63) is 348 Å². The average Bonchev–Trinajstić information content (AvgIpc) is 4.30. The highest BCUT2D eigenvalue weighted by Crippen LogP contribution is 2.66. The van der Waals surface area contributed by atoms with Crippen molar-refractivity contribution < 1.29 is 0 Å². The molecule has 0 bridgehead atoms. The van der Waals surface area contributed by atoms with Crippen LogP contribution < -0.4 is 9.80 Å². The molecule has 0 radical (unpaired) electrons. The Morgan fingerprint density at radius 3 is 1.17 bits per heavy atom. The van der Waals surface area contributed by atoms with E-state index in [1.165, 1.54) is 89.0 Å². The third-order valence-electron chi connectivity index (χ3n) is 16.5. The van der Waals surface area contributed by atoms with E-state index in [1.54, 1.807) is 0 Å². The minimum atomic E-state index is -0.653. The molecule has 0 saturated heterocycles. The summed E-state index contributed by atoms with van der Waals surface area (Å²) in [6.45, 7) is 0. The number of hydrogen-bond acceptors (Lipinski definition) is 2. The van der Waals surface area contributed by atoms with Crippen LogP contribution in [0.4, 0.5) is 34.1 Å². The Balaban J connectivity index is 1.02. The predicted molar refractivity (Wildman–Crippen MR) is 315 cm³/mol. The van der Waals surface area contributed by atoms with Gasteiger partial charge in [0.2, 0.25) is 0 Å². The summed E-state index contributed by atoms with van der Waals surface area (Å²) in [5.41, 5.74) is 25.5. The van der Waals surface area contributed by atoms with Crippen LogP contribution in [0.25, 0.3) is 44.5 Å². The Morgan fingerprint density at radius 1 is 0.211 bits per heavy atom. The van der Waals surface area contributed by atoms with Gasteiger partial charge in [0.05, 0.1) is 22.2 Å². The van der Waals surface area contributed by atoms with Gasteiger partial charge in [0.15, 0.2) is 0 Å². The summed E-state index contributed by atoms with van der Waals surface area (Å²) >= 11 is 0. The number of nitrogens with zero attached hydrogens (tertiary/aromatic N) is 2. The number of hydrogen-bond donors (Lipinski definition) is 0. The van der Waals surface area contributed by atoms with Crippen molar-refractivity contribution in [3.8, 4) is 44.5 Å². The molecule has 2 heteroatoms. The molecule has 1 unspecified atom stereocenters. The zero-order chi connectivity index (χ0) is 50.2. The Morgan fingerprint density at radius 2 is 0.618 bits per heavy atom. The first-order valence-corrected chi connectivity index (χ1v) is 26.4. The first-order chi connectivity index (χ1) is 37.7. The smallest absolute Gasteiger partial charge is 0.0727 e. The van der Waals surface area contributed by atoms with E-state index < -0.39 is 10.8 Å². The molecule has 0 saturated carbocycles. The molecule has 0 aliphatic heterocycles. The summed E-state index contributed by atoms with van der Waals surface area (Å²) in [7, 11) is 0. The lowest BCUT2D eigenvalue weighted by Crippen LogP contribution is -2.28. The van der Waals surface area contributed by atoms with Crippen LogP contribution in [-0.2, 0) is 10.8 Å². The number of fused-ring (bicyclic) bond motifs is 13. The van der Waals surface area contributed by atoms with Crippen molar-refractivity contribution in [2.24, 2.45) is 0 Å². The lowest BCUT2D eigenvalue weighted by atomic mass is 9.68. The highest BCUT2D eigenvalue weighted by Gasteiger charge is 2.53. The SMILES string of the molecule is c1ccc(-c2cc3c(cc2N(c2ccccc2)c2ccccc2)C2(c4ccccc4-c4ccc(N(c5ccccc5)c5cccc6c5-c5ccccc5C6(c5ccccc5)c5ccccc5)cc42)c2ccccc2-3)cc1. The maximum atomic E-state index is 2.54. The second kappa shape index (κ2) is 17.4. The van der Waals surface area contributed by atoms with E-state index in [4.69, 9.17) is 0 Å². The lowest BCUT2D eigenvalue weighted by molar-refractivity contribution is 0.768. The minimum Gasteiger partial charge on any atom is -0.310 e. The van der Waals surface area contributed by atoms with Gasteiger partial charge in [0, 0.05) is 33.9 Å². The molecule has 0 heterocycles. The molecule has 0 N–H and O–H groups in total. The third-order valence-corrected chi connectivity index (χ3v) is 16.5. The fraction of sp³-hybridized carbons (Fsp3) is 0.0270. The monoisotopic (exact) mass is 966 g/mol. The molecule has 1 spiro atoms. The highest BCUT2D eigenvalue weighted by molar-refractivity contribution is 6.02. The fourth-order valence-electron chi connectivity index (χ4n) is 13.6. The van der Waals surface area contributed by atoms with Gasteiger partial charge < -0.3 is 9.80 Å². The predicted octanol–water partition coefficient (Wildman–Crippen LogP) is 19.0. The summed E-state index contributed by atoms with van der Waals surface area (Å²) < 4.78 is 0. The number of benzene rings is 12. The summed E-state index contributed by atoms with van der Waals surface area (Å²) in [5, 5.41) is 0. The first kappa shape index (κ1) is 43.8. The van der Waals surface area contributed by atoms with Gasteiger partial charge in [-0.05, 0) is 145 Å². The van der Waals surface area contributed by atoms with Gasteiger partial charge in [0.1, 0.15) is 0 Å². The molecule has 356 valence electrons. The van der Waals surface area contributed by atoms with Crippen LogP contribution in [0.15, 0.2) is 303 Å². The number of para-hydroxylation sites is 3. The van der Waals surface area contributed by atoms with Crippen LogP contribution >= 0.6 is 0 Å². The average molecular weight is 967 g/mol. The van der Waals surface area contributed by atoms with Crippen LogP contribution in [0.5, 0.6) is 0 Å². The van der Waals surface area contributed by atoms with Crippen molar-refractivity contribution in [3.63, 3.8) is 0 Å². The first-order valence-electron chi connectivity index (χ1n) is 26.4. The normalized spacial score (nSPS) is 14.7. The van der Waals surface area contributed by atoms with Gasteiger partial charge >= 0.3 is 0 Å². The van der Waals surface area contributed by atoms with Crippen LogP contribution in [0.1, 0.15) is 44.5 Å². The van der Waals surface area contributed by atoms with E-state index in [9.17, 15) is 0 Å². The maximum Gasteiger partial charge on any atom is 0.0727 e. The molecule has 3 aliphatic carbocycles. The molecule has 12 aromatic rings. The zero-order valence-electron chi connectivity index (χ0n) is 41.8. The van der Waals surface area contributed by atoms with Gasteiger partial charge in [-0.3, -0.25) is 0 Å². The van der Waals surface area contributed by atoms with Gasteiger partial charge in [-0.25, -0.2) is 0 Å². The van der Waals surface area contributed by atoms with Crippen LogP contribution in [0.2, 0.25) is 0 Å². The maximum absolute atomic E-state index is 2.54. The standard InChI is InChI=1S/C74H50N2/c1-7-26-51(27-8-1)62-49-63-59-39-20-23-42-65(59)74(69(63)50-71(62)75(54-32-13-4-14-33-54)55-34-15-5-16-35-55)64-41-22-19-38-58(64)60-47-46-57(48-68(60)74)76(56-36-17-6-18-37-56)70-45-25-44-67-72(70)61-40-21-24-43-66(61)73(67,52-28-9-2-10-29-52)53-30-11-3-12-31-53/h1-50H. The van der Waals surface area contributed by atoms with E-state index >= 15 is 0 Å². The van der Waals surface area contributed by atoms with Crippen molar-refractivity contribution >= 4 is 34.1 Å². The Hall–Kier alpha value is -9.76. The zero-order valence-corrected chi connectivity index (χ0v) is 41.8. The highest BCUT2D eigenvalue weighted by atomic mass is 15.2. The summed E-state index contributed by atoms with van der Waals surface area (Å²) in [6, 6.07) is 113. The van der Waals surface area contributed by atoms with Crippen LogP contribution in [0.3, 0.4) is 0 Å². The van der Waals surface area contributed by atoms with Crippen molar-refractivity contribution in [2.75, 3.05) is 9.80 Å². The number of rotatable bonds is 9. The molecular weight excluding hydrogens is 917 g/mol. The van der Waals surface area contributed by atoms with E-state index in [1.807, 2.05) is 0 Å². The minimum absolute atomic E-state index is 0.544. The van der Waals surface area contributed by atoms with Gasteiger partial charge in [0.25, 0.3) is 0 Å². The van der Waals surface area contributed by atoms with Crippen molar-refractivity contribution in [2.45, 2.75) is 10.8 Å². The molecule has 15 rings (SSSR count). The molecule has 76 heavy (non-hydrogen) atoms. The van der Waals surface area contributed by atoms with Gasteiger partial charge in [-0.15, -0.1) is 0 Å². The second-order valence-corrected chi connectivity index (χ2v) is 20.3. The molecule has 1 atom stereocenters. The third kappa shape index (κ3) is 6.28. The molecule has 12 aromatic carbocycles. The molecule has 2 nitrogen and oxygen atoms in total. The van der Waals surface area contributed by atoms with E-state index in [0.717, 1.165) is 34.1 Å². The molecule has 0 fully saturated rings. The topological polar surface area (TPSA) is 6.48 Å². The van der Waals surface area contributed by atoms with E-state index in [2.05, 4.69) is 313 Å². The molecule has 0 aromatic heterocycles.